The Hall–Kier alpha value is -2.89. The molecular formula is C18H20N2O4. The third-order valence-electron chi connectivity index (χ3n) is 3.19. The summed E-state index contributed by atoms with van der Waals surface area (Å²) in [5, 5.41) is 11.7. The second kappa shape index (κ2) is 8.10. The van der Waals surface area contributed by atoms with Gasteiger partial charge in [-0.25, -0.2) is 9.78 Å². The van der Waals surface area contributed by atoms with Gasteiger partial charge in [-0.15, -0.1) is 0 Å². The van der Waals surface area contributed by atoms with E-state index in [1.807, 2.05) is 19.9 Å². The van der Waals surface area contributed by atoms with E-state index >= 15 is 0 Å². The highest BCUT2D eigenvalue weighted by molar-refractivity contribution is 5.92. The van der Waals surface area contributed by atoms with Gasteiger partial charge in [-0.3, -0.25) is 4.79 Å². The number of nitrogens with one attached hydrogen (secondary N) is 1. The molecule has 0 saturated heterocycles. The van der Waals surface area contributed by atoms with Gasteiger partial charge in [0.2, 0.25) is 5.88 Å². The molecule has 1 amide bonds. The maximum Gasteiger partial charge on any atom is 0.335 e. The molecule has 2 N–H and O–H groups in total. The standard InChI is InChI=1S/C18H20N2O4/c1-12(2)24-16-8-4-7-15(20-16)17(21)19-10-9-13-5-3-6-14(11-13)18(22)23/h3-8,11-12H,9-10H2,1-2H3,(H,19,21)(H,22,23). The van der Waals surface area contributed by atoms with Crippen molar-refractivity contribution in [2.45, 2.75) is 26.4 Å². The van der Waals surface area contributed by atoms with Gasteiger partial charge in [0.25, 0.3) is 5.91 Å². The number of carboxylic acid groups (broad SMARTS) is 1. The molecule has 0 bridgehead atoms. The van der Waals surface area contributed by atoms with Crippen LogP contribution in [0, 0.1) is 0 Å². The Labute approximate surface area is 140 Å². The van der Waals surface area contributed by atoms with Crippen LogP contribution in [0.1, 0.15) is 40.3 Å². The monoisotopic (exact) mass is 328 g/mol. The average molecular weight is 328 g/mol. The molecule has 0 aliphatic rings. The van der Waals surface area contributed by atoms with Crippen LogP contribution in [-0.2, 0) is 6.42 Å². The van der Waals surface area contributed by atoms with E-state index in [9.17, 15) is 9.59 Å². The second-order valence-corrected chi connectivity index (χ2v) is 5.54. The number of rotatable bonds is 7. The molecule has 6 nitrogen and oxygen atoms in total. The van der Waals surface area contributed by atoms with E-state index < -0.39 is 5.97 Å². The molecule has 126 valence electrons. The first-order valence-electron chi connectivity index (χ1n) is 7.70. The highest BCUT2D eigenvalue weighted by Crippen LogP contribution is 2.10. The number of carbonyl (C=O) groups excluding carboxylic acids is 1. The molecule has 2 aromatic rings. The zero-order chi connectivity index (χ0) is 17.5. The number of carboxylic acids is 1. The first kappa shape index (κ1) is 17.5. The smallest absolute Gasteiger partial charge is 0.335 e. The van der Waals surface area contributed by atoms with Gasteiger partial charge >= 0.3 is 5.97 Å². The summed E-state index contributed by atoms with van der Waals surface area (Å²) >= 11 is 0. The van der Waals surface area contributed by atoms with Crippen LogP contribution in [0.4, 0.5) is 0 Å². The molecule has 0 radical (unpaired) electrons. The Kier molecular flexibility index (Phi) is 5.89. The van der Waals surface area contributed by atoms with E-state index in [-0.39, 0.29) is 23.3 Å². The quantitative estimate of drug-likeness (QED) is 0.815. The molecule has 1 aromatic heterocycles. The van der Waals surface area contributed by atoms with Crippen LogP contribution in [0.5, 0.6) is 5.88 Å². The van der Waals surface area contributed by atoms with Crippen LogP contribution in [-0.4, -0.2) is 34.6 Å². The molecule has 6 heteroatoms. The molecular weight excluding hydrogens is 308 g/mol. The van der Waals surface area contributed by atoms with Crippen molar-refractivity contribution in [3.8, 4) is 5.88 Å². The van der Waals surface area contributed by atoms with Gasteiger partial charge in [0.1, 0.15) is 5.69 Å². The van der Waals surface area contributed by atoms with Crippen molar-refractivity contribution < 1.29 is 19.4 Å². The predicted octanol–water partition coefficient (Wildman–Crippen LogP) is 2.54. The third kappa shape index (κ3) is 5.08. The molecule has 0 fully saturated rings. The van der Waals surface area contributed by atoms with E-state index in [0.717, 1.165) is 5.56 Å². The fourth-order valence-electron chi connectivity index (χ4n) is 2.12. The van der Waals surface area contributed by atoms with Crippen molar-refractivity contribution in [3.05, 3.63) is 59.3 Å². The molecule has 1 aromatic carbocycles. The van der Waals surface area contributed by atoms with Crippen molar-refractivity contribution in [3.63, 3.8) is 0 Å². The predicted molar refractivity (Wildman–Crippen MR) is 89.4 cm³/mol. The highest BCUT2D eigenvalue weighted by atomic mass is 16.5. The van der Waals surface area contributed by atoms with Crippen LogP contribution in [0.25, 0.3) is 0 Å². The number of carbonyl (C=O) groups is 2. The number of ether oxygens (including phenoxy) is 1. The van der Waals surface area contributed by atoms with Gasteiger partial charge in [0.15, 0.2) is 0 Å². The fourth-order valence-corrected chi connectivity index (χ4v) is 2.12. The Bertz CT molecular complexity index is 728. The molecule has 0 unspecified atom stereocenters. The molecule has 0 aliphatic heterocycles. The van der Waals surface area contributed by atoms with Gasteiger partial charge in [0, 0.05) is 12.6 Å². The number of amides is 1. The molecule has 0 aliphatic carbocycles. The lowest BCUT2D eigenvalue weighted by atomic mass is 10.1. The van der Waals surface area contributed by atoms with Crippen molar-refractivity contribution in [1.29, 1.82) is 0 Å². The van der Waals surface area contributed by atoms with E-state index in [1.165, 1.54) is 6.07 Å². The van der Waals surface area contributed by atoms with Crippen LogP contribution >= 0.6 is 0 Å². The number of benzene rings is 1. The maximum atomic E-state index is 12.1. The summed E-state index contributed by atoms with van der Waals surface area (Å²) in [6.45, 7) is 4.16. The summed E-state index contributed by atoms with van der Waals surface area (Å²) in [7, 11) is 0. The number of aromatic nitrogens is 1. The minimum absolute atomic E-state index is 0.0164. The number of pyridine rings is 1. The van der Waals surface area contributed by atoms with Crippen LogP contribution in [0.2, 0.25) is 0 Å². The first-order chi connectivity index (χ1) is 11.5. The number of aromatic carboxylic acids is 1. The van der Waals surface area contributed by atoms with Crippen LogP contribution in [0.15, 0.2) is 42.5 Å². The Morgan fingerprint density at radius 2 is 1.96 bits per heavy atom. The molecule has 0 atom stereocenters. The van der Waals surface area contributed by atoms with Gasteiger partial charge in [-0.05, 0) is 44.0 Å². The summed E-state index contributed by atoms with van der Waals surface area (Å²) in [6.07, 6.45) is 0.520. The van der Waals surface area contributed by atoms with Gasteiger partial charge in [-0.2, -0.15) is 0 Å². The minimum atomic E-state index is -0.966. The minimum Gasteiger partial charge on any atom is -0.478 e. The number of hydrogen-bond donors (Lipinski definition) is 2. The summed E-state index contributed by atoms with van der Waals surface area (Å²) < 4.78 is 5.47. The third-order valence-corrected chi connectivity index (χ3v) is 3.19. The lowest BCUT2D eigenvalue weighted by Gasteiger charge is -2.10. The Morgan fingerprint density at radius 3 is 2.67 bits per heavy atom. The SMILES string of the molecule is CC(C)Oc1cccc(C(=O)NCCc2cccc(C(=O)O)c2)n1. The lowest BCUT2D eigenvalue weighted by Crippen LogP contribution is -2.26. The summed E-state index contributed by atoms with van der Waals surface area (Å²) in [5.74, 6) is -0.850. The fraction of sp³-hybridized carbons (Fsp3) is 0.278. The zero-order valence-corrected chi connectivity index (χ0v) is 13.7. The van der Waals surface area contributed by atoms with Crippen molar-refractivity contribution >= 4 is 11.9 Å². The number of hydrogen-bond acceptors (Lipinski definition) is 4. The van der Waals surface area contributed by atoms with Crippen molar-refractivity contribution in [2.75, 3.05) is 6.54 Å². The molecule has 1 heterocycles. The van der Waals surface area contributed by atoms with Gasteiger partial charge < -0.3 is 15.2 Å². The van der Waals surface area contributed by atoms with Gasteiger partial charge in [0.05, 0.1) is 11.7 Å². The molecule has 24 heavy (non-hydrogen) atoms. The Morgan fingerprint density at radius 1 is 1.21 bits per heavy atom. The van der Waals surface area contributed by atoms with Crippen molar-refractivity contribution in [1.82, 2.24) is 10.3 Å². The summed E-state index contributed by atoms with van der Waals surface area (Å²) in [6, 6.07) is 11.7. The normalized spacial score (nSPS) is 10.5. The first-order valence-corrected chi connectivity index (χ1v) is 7.70. The largest absolute Gasteiger partial charge is 0.478 e. The van der Waals surface area contributed by atoms with Gasteiger partial charge in [-0.1, -0.05) is 18.2 Å². The highest BCUT2D eigenvalue weighted by Gasteiger charge is 2.09. The molecule has 2 rings (SSSR count). The zero-order valence-electron chi connectivity index (χ0n) is 13.7. The molecule has 0 saturated carbocycles. The summed E-state index contributed by atoms with van der Waals surface area (Å²) in [4.78, 5) is 27.2. The maximum absolute atomic E-state index is 12.1. The Balaban J connectivity index is 1.91. The molecule has 0 spiro atoms. The topological polar surface area (TPSA) is 88.5 Å². The van der Waals surface area contributed by atoms with E-state index in [1.54, 1.807) is 30.3 Å². The second-order valence-electron chi connectivity index (χ2n) is 5.54. The van der Waals surface area contributed by atoms with E-state index in [2.05, 4.69) is 10.3 Å². The average Bonchev–Trinajstić information content (AvgIpc) is 2.54. The van der Waals surface area contributed by atoms with E-state index in [4.69, 9.17) is 9.84 Å². The lowest BCUT2D eigenvalue weighted by molar-refractivity contribution is 0.0696. The number of nitrogens with zero attached hydrogens (tertiary/aromatic N) is 1. The van der Waals surface area contributed by atoms with E-state index in [0.29, 0.717) is 18.8 Å². The van der Waals surface area contributed by atoms with Crippen molar-refractivity contribution in [2.24, 2.45) is 0 Å². The summed E-state index contributed by atoms with van der Waals surface area (Å²) in [5.41, 5.74) is 1.37. The van der Waals surface area contributed by atoms with Crippen LogP contribution < -0.4 is 10.1 Å². The van der Waals surface area contributed by atoms with Crippen LogP contribution in [0.3, 0.4) is 0 Å².